The molecule has 2 aliphatic carbocycles. The third-order valence-electron chi connectivity index (χ3n) is 4.49. The molecule has 0 radical (unpaired) electrons. The molecule has 2 aliphatic rings. The Morgan fingerprint density at radius 1 is 1.50 bits per heavy atom. The van der Waals surface area contributed by atoms with E-state index in [0.29, 0.717) is 25.3 Å². The predicted octanol–water partition coefficient (Wildman–Crippen LogP) is 1.46. The van der Waals surface area contributed by atoms with E-state index in [9.17, 15) is 4.79 Å². The van der Waals surface area contributed by atoms with Gasteiger partial charge in [-0.15, -0.1) is 0 Å². The van der Waals surface area contributed by atoms with Gasteiger partial charge in [-0.2, -0.15) is 0 Å². The molecule has 5 heteroatoms. The first-order valence-corrected chi connectivity index (χ1v) is 6.85. The number of nitrogens with zero attached hydrogens (tertiary/aromatic N) is 1. The number of carbonyl (C=O) groups is 1. The summed E-state index contributed by atoms with van der Waals surface area (Å²) in [6.45, 7) is 2.78. The van der Waals surface area contributed by atoms with Crippen LogP contribution in [0.2, 0.25) is 0 Å². The molecule has 2 rings (SSSR count). The van der Waals surface area contributed by atoms with Crippen LogP contribution in [0.15, 0.2) is 5.16 Å². The van der Waals surface area contributed by atoms with Crippen LogP contribution in [0.5, 0.6) is 0 Å². The third-order valence-corrected chi connectivity index (χ3v) is 4.49. The molecule has 0 aromatic carbocycles. The Balaban J connectivity index is 1.84. The van der Waals surface area contributed by atoms with Gasteiger partial charge in [0.15, 0.2) is 5.84 Å². The molecule has 0 heterocycles. The average molecular weight is 253 g/mol. The number of hydrogen-bond acceptors (Lipinski definition) is 3. The monoisotopic (exact) mass is 253 g/mol. The molecule has 0 saturated heterocycles. The zero-order valence-electron chi connectivity index (χ0n) is 11.0. The van der Waals surface area contributed by atoms with E-state index in [1.807, 2.05) is 0 Å². The molecule has 5 nitrogen and oxygen atoms in total. The summed E-state index contributed by atoms with van der Waals surface area (Å²) in [5.41, 5.74) is 4.93. The van der Waals surface area contributed by atoms with E-state index in [0.717, 1.165) is 12.3 Å². The van der Waals surface area contributed by atoms with Gasteiger partial charge in [0.1, 0.15) is 5.41 Å². The van der Waals surface area contributed by atoms with Crippen molar-refractivity contribution >= 4 is 11.7 Å². The Morgan fingerprint density at radius 2 is 2.17 bits per heavy atom. The van der Waals surface area contributed by atoms with Crippen molar-refractivity contribution < 1.29 is 10.0 Å². The molecule has 0 atom stereocenters. The molecule has 2 fully saturated rings. The lowest BCUT2D eigenvalue weighted by Gasteiger charge is -2.43. The smallest absolute Gasteiger partial charge is 0.233 e. The van der Waals surface area contributed by atoms with E-state index in [1.165, 1.54) is 19.3 Å². The fraction of sp³-hybridized carbons (Fsp3) is 0.846. The second-order valence-corrected chi connectivity index (χ2v) is 5.92. The SMILES string of the molecule is CC1CC(C(=O)NCCC2CCC2)(C(N)=NO)C1. The molecule has 0 aromatic rings. The molecule has 2 saturated carbocycles. The van der Waals surface area contributed by atoms with Crippen LogP contribution in [0.3, 0.4) is 0 Å². The van der Waals surface area contributed by atoms with Crippen LogP contribution in [0.4, 0.5) is 0 Å². The van der Waals surface area contributed by atoms with Gasteiger partial charge in [-0.3, -0.25) is 4.79 Å². The molecule has 0 aliphatic heterocycles. The molecule has 102 valence electrons. The third kappa shape index (κ3) is 2.31. The minimum absolute atomic E-state index is 0.0572. The molecule has 0 unspecified atom stereocenters. The van der Waals surface area contributed by atoms with E-state index < -0.39 is 5.41 Å². The summed E-state index contributed by atoms with van der Waals surface area (Å²) < 4.78 is 0. The van der Waals surface area contributed by atoms with Gasteiger partial charge in [0.2, 0.25) is 5.91 Å². The first kappa shape index (κ1) is 13.2. The second kappa shape index (κ2) is 5.16. The van der Waals surface area contributed by atoms with Crippen molar-refractivity contribution in [2.45, 2.75) is 45.4 Å². The highest BCUT2D eigenvalue weighted by Gasteiger charge is 2.52. The maximum atomic E-state index is 12.2. The fourth-order valence-corrected chi connectivity index (χ4v) is 3.08. The summed E-state index contributed by atoms with van der Waals surface area (Å²) in [4.78, 5) is 12.2. The highest BCUT2D eigenvalue weighted by atomic mass is 16.4. The Bertz CT molecular complexity index is 344. The molecule has 18 heavy (non-hydrogen) atoms. The predicted molar refractivity (Wildman–Crippen MR) is 69.2 cm³/mol. The normalized spacial score (nSPS) is 32.5. The van der Waals surface area contributed by atoms with Crippen molar-refractivity contribution in [1.82, 2.24) is 5.32 Å². The van der Waals surface area contributed by atoms with Gasteiger partial charge in [0, 0.05) is 6.54 Å². The van der Waals surface area contributed by atoms with Crippen molar-refractivity contribution in [3.05, 3.63) is 0 Å². The quantitative estimate of drug-likeness (QED) is 0.300. The fourth-order valence-electron chi connectivity index (χ4n) is 3.08. The Morgan fingerprint density at radius 3 is 2.61 bits per heavy atom. The van der Waals surface area contributed by atoms with Crippen LogP contribution in [0.25, 0.3) is 0 Å². The van der Waals surface area contributed by atoms with Crippen LogP contribution >= 0.6 is 0 Å². The molecular weight excluding hydrogens is 230 g/mol. The van der Waals surface area contributed by atoms with E-state index in [1.54, 1.807) is 0 Å². The Kier molecular flexibility index (Phi) is 3.78. The molecule has 0 bridgehead atoms. The van der Waals surface area contributed by atoms with E-state index in [4.69, 9.17) is 10.9 Å². The van der Waals surface area contributed by atoms with Gasteiger partial charge in [-0.05, 0) is 31.1 Å². The molecule has 4 N–H and O–H groups in total. The van der Waals surface area contributed by atoms with Crippen molar-refractivity contribution in [3.8, 4) is 0 Å². The van der Waals surface area contributed by atoms with E-state index in [-0.39, 0.29) is 11.7 Å². The number of carbonyl (C=O) groups excluding carboxylic acids is 1. The lowest BCUT2D eigenvalue weighted by atomic mass is 9.61. The summed E-state index contributed by atoms with van der Waals surface area (Å²) in [5.74, 6) is 1.23. The minimum atomic E-state index is -0.756. The largest absolute Gasteiger partial charge is 0.409 e. The Hall–Kier alpha value is -1.26. The van der Waals surface area contributed by atoms with Crippen LogP contribution in [0.1, 0.15) is 45.4 Å². The second-order valence-electron chi connectivity index (χ2n) is 5.92. The summed E-state index contributed by atoms with van der Waals surface area (Å²) in [7, 11) is 0. The van der Waals surface area contributed by atoms with E-state index in [2.05, 4.69) is 17.4 Å². The number of rotatable bonds is 5. The first-order chi connectivity index (χ1) is 8.58. The van der Waals surface area contributed by atoms with Gasteiger partial charge in [0.25, 0.3) is 0 Å². The zero-order chi connectivity index (χ0) is 13.2. The molecule has 0 spiro atoms. The summed E-state index contributed by atoms with van der Waals surface area (Å²) in [6, 6.07) is 0. The van der Waals surface area contributed by atoms with Crippen molar-refractivity contribution in [2.75, 3.05) is 6.54 Å². The number of amidine groups is 1. The number of nitrogens with two attached hydrogens (primary N) is 1. The summed E-state index contributed by atoms with van der Waals surface area (Å²) in [5, 5.41) is 14.8. The molecule has 0 aromatic heterocycles. The topological polar surface area (TPSA) is 87.7 Å². The van der Waals surface area contributed by atoms with E-state index >= 15 is 0 Å². The first-order valence-electron chi connectivity index (χ1n) is 6.85. The number of hydrogen-bond donors (Lipinski definition) is 3. The van der Waals surface area contributed by atoms with Crippen LogP contribution in [0, 0.1) is 17.3 Å². The van der Waals surface area contributed by atoms with Crippen LogP contribution < -0.4 is 11.1 Å². The van der Waals surface area contributed by atoms with Crippen LogP contribution in [-0.4, -0.2) is 23.5 Å². The maximum absolute atomic E-state index is 12.2. The number of nitrogens with one attached hydrogen (secondary N) is 1. The van der Waals surface area contributed by atoms with Gasteiger partial charge in [-0.25, -0.2) is 0 Å². The molecule has 1 amide bonds. The van der Waals surface area contributed by atoms with Gasteiger partial charge in [0.05, 0.1) is 0 Å². The highest BCUT2D eigenvalue weighted by Crippen LogP contribution is 2.45. The molecular formula is C13H23N3O2. The lowest BCUT2D eigenvalue weighted by molar-refractivity contribution is -0.133. The number of amides is 1. The summed E-state index contributed by atoms with van der Waals surface area (Å²) >= 11 is 0. The van der Waals surface area contributed by atoms with Gasteiger partial charge >= 0.3 is 0 Å². The standard InChI is InChI=1S/C13H23N3O2/c1-9-7-13(8-9,11(14)16-18)12(17)15-6-5-10-3-2-4-10/h9-10,18H,2-8H2,1H3,(H2,14,16)(H,15,17). The van der Waals surface area contributed by atoms with Crippen LogP contribution in [-0.2, 0) is 4.79 Å². The minimum Gasteiger partial charge on any atom is -0.409 e. The number of oxime groups is 1. The maximum Gasteiger partial charge on any atom is 0.233 e. The van der Waals surface area contributed by atoms with Gasteiger partial charge < -0.3 is 16.3 Å². The summed E-state index contributed by atoms with van der Waals surface area (Å²) in [6.07, 6.45) is 6.31. The highest BCUT2D eigenvalue weighted by molar-refractivity contribution is 6.07. The Labute approximate surface area is 108 Å². The van der Waals surface area contributed by atoms with Crippen molar-refractivity contribution in [3.63, 3.8) is 0 Å². The zero-order valence-corrected chi connectivity index (χ0v) is 11.0. The lowest BCUT2D eigenvalue weighted by Crippen LogP contribution is -2.56. The van der Waals surface area contributed by atoms with Crippen molar-refractivity contribution in [2.24, 2.45) is 28.1 Å². The van der Waals surface area contributed by atoms with Crippen molar-refractivity contribution in [1.29, 1.82) is 0 Å². The average Bonchev–Trinajstić information content (AvgIpc) is 2.26. The van der Waals surface area contributed by atoms with Gasteiger partial charge in [-0.1, -0.05) is 31.3 Å².